The van der Waals surface area contributed by atoms with E-state index >= 15 is 0 Å². The van der Waals surface area contributed by atoms with Gasteiger partial charge in [-0.1, -0.05) is 34.0 Å². The van der Waals surface area contributed by atoms with E-state index in [1.165, 1.54) is 12.1 Å². The fourth-order valence-electron chi connectivity index (χ4n) is 4.98. The van der Waals surface area contributed by atoms with Gasteiger partial charge in [0, 0.05) is 40.9 Å². The van der Waals surface area contributed by atoms with Gasteiger partial charge >= 0.3 is 6.18 Å². The van der Waals surface area contributed by atoms with Gasteiger partial charge < -0.3 is 19.7 Å². The molecule has 0 atom stereocenters. The van der Waals surface area contributed by atoms with Crippen molar-refractivity contribution in [2.75, 3.05) is 13.1 Å². The number of amides is 2. The Balaban J connectivity index is 1.16. The van der Waals surface area contributed by atoms with Crippen LogP contribution in [-0.2, 0) is 35.3 Å². The summed E-state index contributed by atoms with van der Waals surface area (Å²) in [6.07, 6.45) is -5.01. The van der Waals surface area contributed by atoms with Crippen LogP contribution in [0.5, 0.6) is 0 Å². The fraction of sp³-hybridized carbons (Fsp3) is 0.212. The van der Waals surface area contributed by atoms with Gasteiger partial charge in [0.2, 0.25) is 23.5 Å². The van der Waals surface area contributed by atoms with E-state index in [2.05, 4.69) is 41.1 Å². The van der Waals surface area contributed by atoms with Crippen molar-refractivity contribution in [2.24, 2.45) is 0 Å². The molecule has 278 valence electrons. The van der Waals surface area contributed by atoms with E-state index in [9.17, 15) is 36.7 Å². The maximum absolute atomic E-state index is 13.7. The lowest BCUT2D eigenvalue weighted by Gasteiger charge is -2.10. The van der Waals surface area contributed by atoms with Crippen LogP contribution in [0, 0.1) is 5.82 Å². The Kier molecular flexibility index (Phi) is 10.7. The summed E-state index contributed by atoms with van der Waals surface area (Å²) in [5, 5.41) is 21.5. The van der Waals surface area contributed by atoms with Gasteiger partial charge in [-0.3, -0.25) is 19.2 Å². The number of hydrogen-bond acceptors (Lipinski definition) is 12. The van der Waals surface area contributed by atoms with Crippen molar-refractivity contribution in [1.29, 1.82) is 0 Å². The Hall–Kier alpha value is -6.57. The Bertz CT molecular complexity index is 2480. The highest BCUT2D eigenvalue weighted by Crippen LogP contribution is 2.34. The number of halogens is 5. The van der Waals surface area contributed by atoms with E-state index in [-0.39, 0.29) is 58.9 Å². The van der Waals surface area contributed by atoms with Crippen molar-refractivity contribution in [1.82, 2.24) is 50.5 Å². The van der Waals surface area contributed by atoms with Crippen LogP contribution in [-0.4, -0.2) is 64.7 Å². The number of likely N-dealkylation sites (N-methyl/N-ethyl adjacent to an activating group) is 1. The third-order valence-corrected chi connectivity index (χ3v) is 7.73. The van der Waals surface area contributed by atoms with Crippen molar-refractivity contribution in [3.8, 4) is 45.9 Å². The van der Waals surface area contributed by atoms with Crippen molar-refractivity contribution in [3.05, 3.63) is 103 Å². The smallest absolute Gasteiger partial charge is 0.355 e. The average molecular weight is 769 g/mol. The lowest BCUT2D eigenvalue weighted by atomic mass is 10.1. The molecule has 2 N–H and O–H groups in total. The first-order valence-electron chi connectivity index (χ1n) is 15.8. The third kappa shape index (κ3) is 8.55. The standard InChI is InChI=1S/C33H25ClF4N10O6/c1-2-39-25(49)16-48-32(52)19(14-24(44-48)31-42-28(45-54-31)17-4-3-5-20(34)12-17)10-11-40-26(50)15-47-27(51)9-8-23(43-47)30-41-29(46-53-30)18-6-7-22(35)21(13-18)33(36,37)38/h3-9,12-14H,2,10-11,15-16H2,1H3,(H,39,49)(H,40,50). The van der Waals surface area contributed by atoms with Gasteiger partial charge in [0.1, 0.15) is 30.3 Å². The number of aromatic nitrogens is 8. The minimum Gasteiger partial charge on any atom is -0.355 e. The molecule has 0 spiro atoms. The second-order valence-electron chi connectivity index (χ2n) is 11.3. The van der Waals surface area contributed by atoms with Crippen LogP contribution in [0.2, 0.25) is 5.02 Å². The molecule has 16 nitrogen and oxygen atoms in total. The third-order valence-electron chi connectivity index (χ3n) is 7.50. The minimum atomic E-state index is -4.96. The summed E-state index contributed by atoms with van der Waals surface area (Å²) in [7, 11) is 0. The van der Waals surface area contributed by atoms with Crippen LogP contribution in [0.25, 0.3) is 45.9 Å². The quantitative estimate of drug-likeness (QED) is 0.172. The van der Waals surface area contributed by atoms with E-state index in [1.807, 2.05) is 0 Å². The first-order chi connectivity index (χ1) is 25.8. The molecule has 0 aliphatic rings. The van der Waals surface area contributed by atoms with Gasteiger partial charge in [0.15, 0.2) is 0 Å². The molecule has 0 saturated heterocycles. The second kappa shape index (κ2) is 15.6. The molecular formula is C33H25ClF4N10O6. The van der Waals surface area contributed by atoms with Crippen LogP contribution in [0.3, 0.4) is 0 Å². The maximum Gasteiger partial charge on any atom is 0.419 e. The lowest BCUT2D eigenvalue weighted by Crippen LogP contribution is -2.37. The molecule has 0 aliphatic heterocycles. The SMILES string of the molecule is CCNC(=O)Cn1nc(-c2nc(-c3cccc(Cl)c3)no2)cc(CCNC(=O)Cn2nc(-c3nc(-c4ccc(F)c(C(F)(F)F)c4)no3)ccc2=O)c1=O. The largest absolute Gasteiger partial charge is 0.419 e. The number of alkyl halides is 3. The van der Waals surface area contributed by atoms with E-state index in [0.717, 1.165) is 21.5 Å². The number of carbonyl (C=O) groups excluding carboxylic acids is 2. The highest BCUT2D eigenvalue weighted by atomic mass is 35.5. The molecule has 2 amide bonds. The summed E-state index contributed by atoms with van der Waals surface area (Å²) in [6.45, 7) is 0.926. The first kappa shape index (κ1) is 37.2. The normalized spacial score (nSPS) is 11.4. The molecule has 21 heteroatoms. The zero-order chi connectivity index (χ0) is 38.6. The molecule has 6 aromatic rings. The molecule has 2 aromatic carbocycles. The van der Waals surface area contributed by atoms with Crippen LogP contribution in [0.1, 0.15) is 18.1 Å². The lowest BCUT2D eigenvalue weighted by molar-refractivity contribution is -0.140. The molecule has 0 radical (unpaired) electrons. The summed E-state index contributed by atoms with van der Waals surface area (Å²) < 4.78 is 65.5. The molecule has 0 bridgehead atoms. The van der Waals surface area contributed by atoms with Gasteiger partial charge in [-0.05, 0) is 55.8 Å². The van der Waals surface area contributed by atoms with Crippen LogP contribution < -0.4 is 21.8 Å². The number of rotatable bonds is 12. The Morgan fingerprint density at radius 1 is 0.815 bits per heavy atom. The van der Waals surface area contributed by atoms with E-state index < -0.39 is 53.6 Å². The number of nitrogens with zero attached hydrogens (tertiary/aromatic N) is 8. The highest BCUT2D eigenvalue weighted by Gasteiger charge is 2.34. The molecular weight excluding hydrogens is 744 g/mol. The topological polar surface area (TPSA) is 206 Å². The number of benzene rings is 2. The van der Waals surface area contributed by atoms with E-state index in [4.69, 9.17) is 20.6 Å². The molecule has 6 rings (SSSR count). The van der Waals surface area contributed by atoms with Crippen molar-refractivity contribution < 1.29 is 36.2 Å². The van der Waals surface area contributed by atoms with Crippen molar-refractivity contribution in [3.63, 3.8) is 0 Å². The summed E-state index contributed by atoms with van der Waals surface area (Å²) in [5.74, 6) is -3.09. The predicted molar refractivity (Wildman–Crippen MR) is 180 cm³/mol. The Morgan fingerprint density at radius 3 is 2.15 bits per heavy atom. The number of hydrogen-bond donors (Lipinski definition) is 2. The maximum atomic E-state index is 13.7. The zero-order valence-corrected chi connectivity index (χ0v) is 28.5. The van der Waals surface area contributed by atoms with Crippen LogP contribution in [0.15, 0.2) is 79.3 Å². The Labute approximate surface area is 304 Å². The molecule has 0 aliphatic carbocycles. The summed E-state index contributed by atoms with van der Waals surface area (Å²) in [4.78, 5) is 59.4. The fourth-order valence-corrected chi connectivity index (χ4v) is 5.17. The molecule has 4 heterocycles. The highest BCUT2D eigenvalue weighted by molar-refractivity contribution is 6.30. The van der Waals surface area contributed by atoms with Gasteiger partial charge in [-0.15, -0.1) is 0 Å². The second-order valence-corrected chi connectivity index (χ2v) is 11.8. The molecule has 0 fully saturated rings. The van der Waals surface area contributed by atoms with Gasteiger partial charge in [0.25, 0.3) is 22.9 Å². The number of carbonyl (C=O) groups is 2. The molecule has 0 saturated carbocycles. The zero-order valence-electron chi connectivity index (χ0n) is 27.7. The molecule has 4 aromatic heterocycles. The molecule has 54 heavy (non-hydrogen) atoms. The van der Waals surface area contributed by atoms with Crippen LogP contribution >= 0.6 is 11.6 Å². The molecule has 0 unspecified atom stereocenters. The van der Waals surface area contributed by atoms with Gasteiger partial charge in [-0.25, -0.2) is 13.8 Å². The predicted octanol–water partition coefficient (Wildman–Crippen LogP) is 3.54. The summed E-state index contributed by atoms with van der Waals surface area (Å²) >= 11 is 6.08. The summed E-state index contributed by atoms with van der Waals surface area (Å²) in [6, 6.07) is 12.6. The average Bonchev–Trinajstić information content (AvgIpc) is 3.82. The minimum absolute atomic E-state index is 0.0443. The number of nitrogens with one attached hydrogen (secondary N) is 2. The van der Waals surface area contributed by atoms with Crippen LogP contribution in [0.4, 0.5) is 17.6 Å². The summed E-state index contributed by atoms with van der Waals surface area (Å²) in [5.41, 5.74) is -2.32. The first-order valence-corrected chi connectivity index (χ1v) is 16.2. The van der Waals surface area contributed by atoms with Crippen molar-refractivity contribution >= 4 is 23.4 Å². The van der Waals surface area contributed by atoms with Gasteiger partial charge in [-0.2, -0.15) is 33.3 Å². The Morgan fingerprint density at radius 2 is 1.46 bits per heavy atom. The van der Waals surface area contributed by atoms with Crippen molar-refractivity contribution in [2.45, 2.75) is 32.6 Å². The van der Waals surface area contributed by atoms with Gasteiger partial charge in [0.05, 0.1) is 5.56 Å². The monoisotopic (exact) mass is 768 g/mol. The van der Waals surface area contributed by atoms with E-state index in [0.29, 0.717) is 29.3 Å². The van der Waals surface area contributed by atoms with E-state index in [1.54, 1.807) is 31.2 Å².